The Bertz CT molecular complexity index is 1630. The quantitative estimate of drug-likeness (QED) is 0.150. The summed E-state index contributed by atoms with van der Waals surface area (Å²) in [6.07, 6.45) is 2.41. The van der Waals surface area contributed by atoms with Crippen LogP contribution in [0, 0.1) is 0 Å². The molecule has 4 aromatic rings. The van der Waals surface area contributed by atoms with Crippen molar-refractivity contribution in [3.63, 3.8) is 0 Å². The molecule has 1 atom stereocenters. The van der Waals surface area contributed by atoms with Gasteiger partial charge in [0, 0.05) is 29.2 Å². The van der Waals surface area contributed by atoms with Gasteiger partial charge in [-0.05, 0) is 65.4 Å². The number of H-pyrrole nitrogens is 1. The number of benzene rings is 3. The molecule has 0 spiro atoms. The molecule has 8 nitrogen and oxygen atoms in total. The number of nitrogens with zero attached hydrogens (tertiary/aromatic N) is 1. The van der Waals surface area contributed by atoms with Crippen molar-refractivity contribution in [2.24, 2.45) is 0 Å². The van der Waals surface area contributed by atoms with Crippen LogP contribution in [0.25, 0.3) is 16.7 Å². The van der Waals surface area contributed by atoms with E-state index in [2.05, 4.69) is 18.8 Å². The number of carbonyl (C=O) groups is 2. The number of nitrogens with one attached hydrogen (secondary N) is 1. The number of hydrogen-bond acceptors (Lipinski definition) is 6. The van der Waals surface area contributed by atoms with Crippen LogP contribution in [0.5, 0.6) is 17.2 Å². The third kappa shape index (κ3) is 5.13. The van der Waals surface area contributed by atoms with Gasteiger partial charge >= 0.3 is 0 Å². The SMILES string of the molecule is COc1ccc2[nH]cc(CCN3C(=O)C(=O)C(=C(O)c4ccc(OC)c(OC)c4)[C@@H]3c3ccc(C(C)C)cc3)c2c1. The van der Waals surface area contributed by atoms with Gasteiger partial charge < -0.3 is 29.2 Å². The fourth-order valence-electron chi connectivity index (χ4n) is 5.39. The molecule has 1 saturated heterocycles. The van der Waals surface area contributed by atoms with E-state index in [1.54, 1.807) is 30.2 Å². The number of carbonyl (C=O) groups excluding carboxylic acids is 2. The number of Topliss-reactive ketones (excluding diaryl/α,β-unsaturated/α-hetero) is 1. The minimum Gasteiger partial charge on any atom is -0.507 e. The minimum atomic E-state index is -0.760. The highest BCUT2D eigenvalue weighted by Gasteiger charge is 2.46. The number of rotatable bonds is 9. The number of ether oxygens (including phenoxy) is 3. The largest absolute Gasteiger partial charge is 0.507 e. The van der Waals surface area contributed by atoms with Crippen molar-refractivity contribution in [3.8, 4) is 17.2 Å². The zero-order valence-electron chi connectivity index (χ0n) is 23.9. The maximum Gasteiger partial charge on any atom is 0.295 e. The van der Waals surface area contributed by atoms with Gasteiger partial charge in [-0.2, -0.15) is 0 Å². The summed E-state index contributed by atoms with van der Waals surface area (Å²) in [5.74, 6) is 0.304. The van der Waals surface area contributed by atoms with Gasteiger partial charge in [0.15, 0.2) is 11.5 Å². The van der Waals surface area contributed by atoms with Crippen LogP contribution in [0.2, 0.25) is 0 Å². The number of ketones is 1. The molecule has 0 unspecified atom stereocenters. The van der Waals surface area contributed by atoms with Gasteiger partial charge in [0.1, 0.15) is 11.5 Å². The van der Waals surface area contributed by atoms with E-state index in [0.29, 0.717) is 29.4 Å². The maximum atomic E-state index is 13.5. The van der Waals surface area contributed by atoms with E-state index < -0.39 is 17.7 Å². The summed E-state index contributed by atoms with van der Waals surface area (Å²) in [5.41, 5.74) is 4.23. The van der Waals surface area contributed by atoms with Crippen molar-refractivity contribution in [2.45, 2.75) is 32.2 Å². The van der Waals surface area contributed by atoms with Gasteiger partial charge in [0.25, 0.3) is 11.7 Å². The van der Waals surface area contributed by atoms with Crippen molar-refractivity contribution in [1.29, 1.82) is 0 Å². The number of aromatic nitrogens is 1. The van der Waals surface area contributed by atoms with E-state index >= 15 is 0 Å². The highest BCUT2D eigenvalue weighted by atomic mass is 16.5. The molecule has 1 aliphatic heterocycles. The summed E-state index contributed by atoms with van der Waals surface area (Å²) >= 11 is 0. The van der Waals surface area contributed by atoms with Crippen LogP contribution < -0.4 is 14.2 Å². The molecule has 0 saturated carbocycles. The first-order chi connectivity index (χ1) is 19.8. The van der Waals surface area contributed by atoms with Crippen LogP contribution in [0.1, 0.15) is 48.1 Å². The van der Waals surface area contributed by atoms with E-state index in [1.807, 2.05) is 48.7 Å². The maximum absolute atomic E-state index is 13.5. The normalized spacial score (nSPS) is 16.5. The van der Waals surface area contributed by atoms with Gasteiger partial charge in [-0.25, -0.2) is 0 Å². The highest BCUT2D eigenvalue weighted by molar-refractivity contribution is 6.46. The summed E-state index contributed by atoms with van der Waals surface area (Å²) in [5, 5.41) is 12.5. The van der Waals surface area contributed by atoms with Crippen LogP contribution in [0.3, 0.4) is 0 Å². The van der Waals surface area contributed by atoms with Crippen LogP contribution in [-0.4, -0.2) is 54.6 Å². The Balaban J connectivity index is 1.57. The number of fused-ring (bicyclic) bond motifs is 1. The molecule has 0 aliphatic carbocycles. The highest BCUT2D eigenvalue weighted by Crippen LogP contribution is 2.41. The summed E-state index contributed by atoms with van der Waals surface area (Å²) in [6, 6.07) is 17.8. The molecular formula is C33H34N2O6. The molecule has 0 bridgehead atoms. The predicted molar refractivity (Wildman–Crippen MR) is 158 cm³/mol. The zero-order chi connectivity index (χ0) is 29.3. The van der Waals surface area contributed by atoms with Crippen molar-refractivity contribution in [2.75, 3.05) is 27.9 Å². The van der Waals surface area contributed by atoms with Gasteiger partial charge in [0.05, 0.1) is 32.9 Å². The summed E-state index contributed by atoms with van der Waals surface area (Å²) in [4.78, 5) is 31.9. The van der Waals surface area contributed by atoms with E-state index in [-0.39, 0.29) is 17.9 Å². The lowest BCUT2D eigenvalue weighted by Crippen LogP contribution is -2.31. The summed E-state index contributed by atoms with van der Waals surface area (Å²) in [7, 11) is 4.64. The Hall–Kier alpha value is -4.72. The third-order valence-corrected chi connectivity index (χ3v) is 7.71. The number of likely N-dealkylation sites (tertiary alicyclic amines) is 1. The second-order valence-corrected chi connectivity index (χ2v) is 10.4. The molecular weight excluding hydrogens is 520 g/mol. The molecule has 1 amide bonds. The van der Waals surface area contributed by atoms with E-state index in [9.17, 15) is 14.7 Å². The minimum absolute atomic E-state index is 0.0418. The average molecular weight is 555 g/mol. The summed E-state index contributed by atoms with van der Waals surface area (Å²) < 4.78 is 16.1. The van der Waals surface area contributed by atoms with Crippen molar-refractivity contribution in [3.05, 3.63) is 94.7 Å². The standard InChI is InChI=1S/C33H34N2O6/c1-19(2)20-6-8-21(9-7-20)30-29(31(36)22-10-13-27(40-4)28(16-22)41-5)32(37)33(38)35(30)15-14-23-18-34-26-12-11-24(39-3)17-25(23)26/h6-13,16-19,30,34,36H,14-15H2,1-5H3/t30-/m0/s1. The first kappa shape index (κ1) is 27.8. The third-order valence-electron chi connectivity index (χ3n) is 7.71. The topological polar surface area (TPSA) is 101 Å². The molecule has 212 valence electrons. The number of methoxy groups -OCH3 is 3. The smallest absolute Gasteiger partial charge is 0.295 e. The number of aliphatic hydroxyl groups is 1. The molecule has 1 aromatic heterocycles. The first-order valence-corrected chi connectivity index (χ1v) is 13.5. The molecule has 3 aromatic carbocycles. The molecule has 1 aliphatic rings. The molecule has 5 rings (SSSR count). The Morgan fingerprint density at radius 2 is 1.66 bits per heavy atom. The van der Waals surface area contributed by atoms with Gasteiger partial charge in [-0.15, -0.1) is 0 Å². The zero-order valence-corrected chi connectivity index (χ0v) is 23.9. The Kier molecular flexibility index (Phi) is 7.75. The van der Waals surface area contributed by atoms with E-state index in [0.717, 1.165) is 33.3 Å². The molecule has 2 N–H and O–H groups in total. The van der Waals surface area contributed by atoms with Gasteiger partial charge in [-0.1, -0.05) is 38.1 Å². The lowest BCUT2D eigenvalue weighted by atomic mass is 9.93. The van der Waals surface area contributed by atoms with E-state index in [4.69, 9.17) is 14.2 Å². The van der Waals surface area contributed by atoms with Crippen molar-refractivity contribution < 1.29 is 28.9 Å². The Morgan fingerprint density at radius 1 is 0.927 bits per heavy atom. The molecule has 2 heterocycles. The van der Waals surface area contributed by atoms with Crippen molar-refractivity contribution in [1.82, 2.24) is 9.88 Å². The fourth-order valence-corrected chi connectivity index (χ4v) is 5.39. The van der Waals surface area contributed by atoms with Crippen LogP contribution in [0.15, 0.2) is 72.4 Å². The molecule has 41 heavy (non-hydrogen) atoms. The lowest BCUT2D eigenvalue weighted by Gasteiger charge is -2.26. The van der Waals surface area contributed by atoms with Crippen molar-refractivity contribution >= 4 is 28.4 Å². The number of amides is 1. The second kappa shape index (κ2) is 11.4. The number of aromatic amines is 1. The van der Waals surface area contributed by atoms with Gasteiger partial charge in [-0.3, -0.25) is 9.59 Å². The fraction of sp³-hybridized carbons (Fsp3) is 0.273. The number of hydrogen-bond donors (Lipinski definition) is 2. The second-order valence-electron chi connectivity index (χ2n) is 10.4. The van der Waals surface area contributed by atoms with Crippen LogP contribution >= 0.6 is 0 Å². The van der Waals surface area contributed by atoms with Crippen LogP contribution in [0.4, 0.5) is 0 Å². The molecule has 1 fully saturated rings. The monoisotopic (exact) mass is 554 g/mol. The van der Waals surface area contributed by atoms with Gasteiger partial charge in [0.2, 0.25) is 0 Å². The van der Waals surface area contributed by atoms with E-state index in [1.165, 1.54) is 14.2 Å². The lowest BCUT2D eigenvalue weighted by molar-refractivity contribution is -0.139. The summed E-state index contributed by atoms with van der Waals surface area (Å²) in [6.45, 7) is 4.48. The Morgan fingerprint density at radius 3 is 2.32 bits per heavy atom. The molecule has 8 heteroatoms. The molecule has 0 radical (unpaired) electrons. The Labute approximate surface area is 239 Å². The average Bonchev–Trinajstić information content (AvgIpc) is 3.52. The predicted octanol–water partition coefficient (Wildman–Crippen LogP) is 5.98. The first-order valence-electron chi connectivity index (χ1n) is 13.5. The van der Waals surface area contributed by atoms with Crippen LogP contribution in [-0.2, 0) is 16.0 Å². The number of aliphatic hydroxyl groups excluding tert-OH is 1.